The molecule has 1 fully saturated rings. The van der Waals surface area contributed by atoms with Gasteiger partial charge in [0.1, 0.15) is 29.5 Å². The topological polar surface area (TPSA) is 148 Å². The molecule has 0 spiro atoms. The van der Waals surface area contributed by atoms with Crippen LogP contribution in [0, 0.1) is 0 Å². The van der Waals surface area contributed by atoms with Crippen molar-refractivity contribution in [1.29, 1.82) is 0 Å². The molecular formula is C30H30N8O3. The lowest BCUT2D eigenvalue weighted by atomic mass is 9.98. The molecule has 41 heavy (non-hydrogen) atoms. The summed E-state index contributed by atoms with van der Waals surface area (Å²) < 4.78 is 11.7. The van der Waals surface area contributed by atoms with Gasteiger partial charge in [-0.15, -0.1) is 0 Å². The van der Waals surface area contributed by atoms with Crippen molar-refractivity contribution in [2.75, 3.05) is 25.4 Å². The summed E-state index contributed by atoms with van der Waals surface area (Å²) in [7, 11) is 0. The molecule has 0 saturated carbocycles. The number of nitrogen functional groups attached to an aromatic ring is 1. The number of ether oxygens (including phenoxy) is 1. The van der Waals surface area contributed by atoms with Crippen molar-refractivity contribution >= 4 is 22.8 Å². The fourth-order valence-electron chi connectivity index (χ4n) is 6.22. The molecule has 1 amide bonds. The summed E-state index contributed by atoms with van der Waals surface area (Å²) in [4.78, 5) is 34.9. The maximum Gasteiger partial charge on any atom is 0.284 e. The van der Waals surface area contributed by atoms with Gasteiger partial charge in [0.05, 0.1) is 29.9 Å². The first-order valence-electron chi connectivity index (χ1n) is 13.8. The number of benzene rings is 2. The molecular weight excluding hydrogens is 520 g/mol. The summed E-state index contributed by atoms with van der Waals surface area (Å²) >= 11 is 0. The fraction of sp³-hybridized carbons (Fsp3) is 0.267. The van der Waals surface area contributed by atoms with E-state index in [1.165, 1.54) is 11.0 Å². The first kappa shape index (κ1) is 25.2. The van der Waals surface area contributed by atoms with Gasteiger partial charge in [-0.3, -0.25) is 14.3 Å². The van der Waals surface area contributed by atoms with E-state index in [1.54, 1.807) is 0 Å². The lowest BCUT2D eigenvalue weighted by molar-refractivity contribution is 0.0390. The number of carbonyl (C=O) groups is 1. The highest BCUT2D eigenvalue weighted by molar-refractivity contribution is 6.00. The number of anilines is 1. The zero-order valence-corrected chi connectivity index (χ0v) is 22.4. The second-order valence-electron chi connectivity index (χ2n) is 10.5. The van der Waals surface area contributed by atoms with E-state index in [0.717, 1.165) is 53.7 Å². The van der Waals surface area contributed by atoms with Gasteiger partial charge < -0.3 is 26.1 Å². The molecule has 0 radical (unpaired) electrons. The van der Waals surface area contributed by atoms with Crippen LogP contribution in [0.1, 0.15) is 46.6 Å². The Balaban J connectivity index is 1.31. The van der Waals surface area contributed by atoms with Crippen molar-refractivity contribution in [2.45, 2.75) is 31.5 Å². The molecule has 11 heteroatoms. The van der Waals surface area contributed by atoms with Crippen LogP contribution in [0.4, 0.5) is 5.82 Å². The van der Waals surface area contributed by atoms with Crippen molar-refractivity contribution in [3.05, 3.63) is 94.3 Å². The van der Waals surface area contributed by atoms with Crippen LogP contribution in [0.2, 0.25) is 0 Å². The molecule has 5 N–H and O–H groups in total. The molecule has 0 bridgehead atoms. The number of rotatable bonds is 5. The van der Waals surface area contributed by atoms with Gasteiger partial charge in [-0.25, -0.2) is 14.6 Å². The number of nitrogens with one attached hydrogen (secondary N) is 1. The predicted molar refractivity (Wildman–Crippen MR) is 155 cm³/mol. The maximum atomic E-state index is 13.5. The summed E-state index contributed by atoms with van der Waals surface area (Å²) in [5, 5.41) is 4.25. The smallest absolute Gasteiger partial charge is 0.284 e. The molecule has 7 rings (SSSR count). The van der Waals surface area contributed by atoms with E-state index in [2.05, 4.69) is 26.0 Å². The van der Waals surface area contributed by atoms with Gasteiger partial charge in [-0.2, -0.15) is 0 Å². The minimum atomic E-state index is -0.776. The lowest BCUT2D eigenvalue weighted by Crippen LogP contribution is -2.29. The van der Waals surface area contributed by atoms with E-state index in [4.69, 9.17) is 16.2 Å². The average Bonchev–Trinajstić information content (AvgIpc) is 3.54. The number of nitrogens with zero attached hydrogens (tertiary/aromatic N) is 5. The van der Waals surface area contributed by atoms with Gasteiger partial charge in [-0.1, -0.05) is 42.5 Å². The lowest BCUT2D eigenvalue weighted by Gasteiger charge is -2.27. The molecule has 5 aromatic rings. The quantitative estimate of drug-likeness (QED) is 0.305. The van der Waals surface area contributed by atoms with Crippen molar-refractivity contribution in [3.8, 4) is 16.8 Å². The minimum absolute atomic E-state index is 0.0578. The van der Waals surface area contributed by atoms with Gasteiger partial charge >= 0.3 is 0 Å². The zero-order valence-electron chi connectivity index (χ0n) is 22.4. The van der Waals surface area contributed by atoms with Gasteiger partial charge in [-0.05, 0) is 49.2 Å². The van der Waals surface area contributed by atoms with E-state index >= 15 is 0 Å². The number of para-hydroxylation sites is 1. The number of hydrogen-bond donors (Lipinski definition) is 3. The molecule has 2 aliphatic rings. The second-order valence-corrected chi connectivity index (χ2v) is 10.5. The zero-order chi connectivity index (χ0) is 28.1. The van der Waals surface area contributed by atoms with Crippen molar-refractivity contribution < 1.29 is 9.53 Å². The Labute approximate surface area is 235 Å². The largest absolute Gasteiger partial charge is 0.383 e. The molecule has 0 aliphatic carbocycles. The summed E-state index contributed by atoms with van der Waals surface area (Å²) in [6.45, 7) is 2.70. The van der Waals surface area contributed by atoms with Crippen molar-refractivity contribution in [2.24, 2.45) is 5.73 Å². The molecule has 11 nitrogen and oxygen atoms in total. The van der Waals surface area contributed by atoms with Gasteiger partial charge in [0.25, 0.3) is 11.5 Å². The number of fused-ring (bicyclic) bond motifs is 2. The van der Waals surface area contributed by atoms with E-state index in [0.29, 0.717) is 36.4 Å². The fourth-order valence-corrected chi connectivity index (χ4v) is 6.22. The molecule has 1 saturated heterocycles. The van der Waals surface area contributed by atoms with Crippen LogP contribution in [-0.4, -0.2) is 49.5 Å². The number of amides is 1. The number of carbonyl (C=O) groups excluding carboxylic acids is 1. The van der Waals surface area contributed by atoms with Gasteiger partial charge in [0.2, 0.25) is 0 Å². The Morgan fingerprint density at radius 3 is 2.51 bits per heavy atom. The van der Waals surface area contributed by atoms with E-state index in [9.17, 15) is 9.59 Å². The molecule has 2 aromatic carbocycles. The highest BCUT2D eigenvalue weighted by Gasteiger charge is 2.34. The molecule has 5 heterocycles. The Hall–Kier alpha value is -4.74. The van der Waals surface area contributed by atoms with Gasteiger partial charge in [0, 0.05) is 17.8 Å². The van der Waals surface area contributed by atoms with Crippen LogP contribution in [0.25, 0.3) is 27.8 Å². The van der Waals surface area contributed by atoms with Crippen molar-refractivity contribution in [3.63, 3.8) is 0 Å². The number of nitrogens with two attached hydrogens (primary N) is 2. The highest BCUT2D eigenvalue weighted by atomic mass is 16.5. The van der Waals surface area contributed by atoms with Crippen LogP contribution >= 0.6 is 0 Å². The third kappa shape index (κ3) is 4.12. The Kier molecular flexibility index (Phi) is 6.17. The van der Waals surface area contributed by atoms with Crippen LogP contribution in [0.15, 0.2) is 71.9 Å². The Bertz CT molecular complexity index is 1810. The van der Waals surface area contributed by atoms with Crippen LogP contribution in [-0.2, 0) is 11.3 Å². The Morgan fingerprint density at radius 2 is 1.78 bits per heavy atom. The number of aromatic nitrogens is 5. The van der Waals surface area contributed by atoms with Crippen LogP contribution in [0.3, 0.4) is 0 Å². The molecule has 1 unspecified atom stereocenters. The number of piperidine rings is 1. The van der Waals surface area contributed by atoms with Crippen LogP contribution < -0.4 is 22.3 Å². The first-order chi connectivity index (χ1) is 20.0. The molecule has 3 aromatic heterocycles. The average molecular weight is 551 g/mol. The molecule has 2 aliphatic heterocycles. The normalized spacial score (nSPS) is 17.5. The SMILES string of the molecule is NC(=O)c1c2n(n(-c3ccccc3)c1=O)CCOC2c1ccc(-c2cn(C3CCNCC3)c3ncnc(N)c23)cc1. The third-order valence-corrected chi connectivity index (χ3v) is 8.13. The summed E-state index contributed by atoms with van der Waals surface area (Å²) in [6, 6.07) is 17.5. The van der Waals surface area contributed by atoms with E-state index < -0.39 is 17.6 Å². The minimum Gasteiger partial charge on any atom is -0.383 e. The summed E-state index contributed by atoms with van der Waals surface area (Å²) in [5.74, 6) is -0.337. The third-order valence-electron chi connectivity index (χ3n) is 8.13. The van der Waals surface area contributed by atoms with Crippen molar-refractivity contribution in [1.82, 2.24) is 29.2 Å². The predicted octanol–water partition coefficient (Wildman–Crippen LogP) is 2.78. The maximum absolute atomic E-state index is 13.5. The highest BCUT2D eigenvalue weighted by Crippen LogP contribution is 2.38. The summed E-state index contributed by atoms with van der Waals surface area (Å²) in [5.41, 5.74) is 16.3. The first-order valence-corrected chi connectivity index (χ1v) is 13.8. The standard InChI is InChI=1S/C30H30N8O3/c31-27-23-22(16-36(29(23)35-17-34-27)20-10-12-33-13-11-20)18-6-8-19(9-7-18)26-25-24(28(32)39)30(40)38(37(25)14-15-41-26)21-4-2-1-3-5-21/h1-9,16-17,20,26,33H,10-15H2,(H2,32,39)(H2,31,34,35). The van der Waals surface area contributed by atoms with Gasteiger partial charge in [0.15, 0.2) is 0 Å². The Morgan fingerprint density at radius 1 is 1.02 bits per heavy atom. The van der Waals surface area contributed by atoms with E-state index in [-0.39, 0.29) is 5.56 Å². The monoisotopic (exact) mass is 550 g/mol. The number of hydrogen-bond acceptors (Lipinski definition) is 7. The van der Waals surface area contributed by atoms with Crippen LogP contribution in [0.5, 0.6) is 0 Å². The summed E-state index contributed by atoms with van der Waals surface area (Å²) in [6.07, 6.45) is 5.03. The van der Waals surface area contributed by atoms with E-state index in [1.807, 2.05) is 59.3 Å². The molecule has 208 valence electrons. The molecule has 1 atom stereocenters. The second kappa shape index (κ2) is 10.0. The number of primary amides is 1.